The normalized spacial score (nSPS) is 63.9. The van der Waals surface area contributed by atoms with Crippen LogP contribution in [0, 0.1) is 5.92 Å². The molecule has 2 bridgehead atoms. The standard InChI is InChI=1S/C8H14N2/c9-8-3-1-5(2-4-8)6-7(8)10-6/h5-7,10H,1-4,9H2. The van der Waals surface area contributed by atoms with Gasteiger partial charge >= 0.3 is 0 Å². The maximum Gasteiger partial charge on any atom is 0.0408 e. The van der Waals surface area contributed by atoms with Crippen molar-refractivity contribution in [1.82, 2.24) is 5.32 Å². The molecule has 10 heavy (non-hydrogen) atoms. The number of hydrogen-bond donors (Lipinski definition) is 2. The summed E-state index contributed by atoms with van der Waals surface area (Å²) in [7, 11) is 0. The van der Waals surface area contributed by atoms with E-state index in [-0.39, 0.29) is 5.54 Å². The van der Waals surface area contributed by atoms with Gasteiger partial charge in [-0.3, -0.25) is 0 Å². The van der Waals surface area contributed by atoms with Crippen molar-refractivity contribution in [3.63, 3.8) is 0 Å². The lowest BCUT2D eigenvalue weighted by Crippen LogP contribution is -2.54. The summed E-state index contributed by atoms with van der Waals surface area (Å²) in [5, 5.41) is 3.51. The second kappa shape index (κ2) is 1.41. The van der Waals surface area contributed by atoms with Gasteiger partial charge in [-0.15, -0.1) is 0 Å². The maximum atomic E-state index is 6.22. The Bertz CT molecular complexity index is 170. The molecular formula is C8H14N2. The number of fused-ring (bicyclic) bond motifs is 2. The molecule has 2 unspecified atom stereocenters. The molecule has 3 saturated carbocycles. The van der Waals surface area contributed by atoms with Gasteiger partial charge in [-0.05, 0) is 31.6 Å². The third-order valence-corrected chi connectivity index (χ3v) is 3.71. The number of rotatable bonds is 0. The minimum absolute atomic E-state index is 0.208. The first-order valence-corrected chi connectivity index (χ1v) is 4.34. The summed E-state index contributed by atoms with van der Waals surface area (Å²) in [4.78, 5) is 0. The van der Waals surface area contributed by atoms with Crippen molar-refractivity contribution in [2.45, 2.75) is 43.3 Å². The summed E-state index contributed by atoms with van der Waals surface area (Å²) < 4.78 is 0. The average Bonchev–Trinajstić information content (AvgIpc) is 2.68. The second-order valence-electron chi connectivity index (χ2n) is 4.24. The van der Waals surface area contributed by atoms with E-state index in [2.05, 4.69) is 5.32 Å². The monoisotopic (exact) mass is 138 g/mol. The van der Waals surface area contributed by atoms with Crippen LogP contribution in [0.3, 0.4) is 0 Å². The molecule has 0 aromatic carbocycles. The van der Waals surface area contributed by atoms with Crippen LogP contribution < -0.4 is 11.1 Å². The molecule has 2 nitrogen and oxygen atoms in total. The number of nitrogens with one attached hydrogen (secondary N) is 1. The highest BCUT2D eigenvalue weighted by molar-refractivity contribution is 5.21. The molecule has 3 aliphatic carbocycles. The zero-order valence-corrected chi connectivity index (χ0v) is 6.14. The first kappa shape index (κ1) is 5.56. The highest BCUT2D eigenvalue weighted by Crippen LogP contribution is 2.49. The van der Waals surface area contributed by atoms with Crippen molar-refractivity contribution in [1.29, 1.82) is 0 Å². The lowest BCUT2D eigenvalue weighted by Gasteiger charge is -2.41. The fourth-order valence-electron chi connectivity index (χ4n) is 2.93. The Balaban J connectivity index is 1.98. The fourth-order valence-corrected chi connectivity index (χ4v) is 2.93. The van der Waals surface area contributed by atoms with Gasteiger partial charge in [0.05, 0.1) is 0 Å². The molecule has 1 saturated heterocycles. The molecule has 1 aliphatic heterocycles. The minimum atomic E-state index is 0.208. The van der Waals surface area contributed by atoms with E-state index in [1.807, 2.05) is 0 Å². The summed E-state index contributed by atoms with van der Waals surface area (Å²) >= 11 is 0. The smallest absolute Gasteiger partial charge is 0.0408 e. The minimum Gasteiger partial charge on any atom is -0.324 e. The Labute approximate surface area is 61.2 Å². The predicted octanol–water partition coefficient (Wildman–Crippen LogP) is 0.228. The Hall–Kier alpha value is -0.0800. The third-order valence-electron chi connectivity index (χ3n) is 3.71. The van der Waals surface area contributed by atoms with Gasteiger partial charge in [0, 0.05) is 17.6 Å². The zero-order valence-electron chi connectivity index (χ0n) is 6.14. The summed E-state index contributed by atoms with van der Waals surface area (Å²) in [6, 6.07) is 1.53. The molecule has 0 amide bonds. The lowest BCUT2D eigenvalue weighted by atomic mass is 9.66. The number of hydrogen-bond acceptors (Lipinski definition) is 2. The van der Waals surface area contributed by atoms with Crippen molar-refractivity contribution in [2.24, 2.45) is 11.7 Å². The molecule has 56 valence electrons. The third kappa shape index (κ3) is 0.487. The molecule has 0 aromatic heterocycles. The van der Waals surface area contributed by atoms with Crippen molar-refractivity contribution in [2.75, 3.05) is 0 Å². The molecule has 4 rings (SSSR count). The van der Waals surface area contributed by atoms with Crippen LogP contribution in [0.1, 0.15) is 25.7 Å². The van der Waals surface area contributed by atoms with Crippen molar-refractivity contribution in [3.05, 3.63) is 0 Å². The van der Waals surface area contributed by atoms with Crippen LogP contribution in [0.4, 0.5) is 0 Å². The largest absolute Gasteiger partial charge is 0.324 e. The van der Waals surface area contributed by atoms with Crippen LogP contribution in [0.15, 0.2) is 0 Å². The van der Waals surface area contributed by atoms with Crippen molar-refractivity contribution >= 4 is 0 Å². The topological polar surface area (TPSA) is 48.0 Å². The first-order valence-electron chi connectivity index (χ1n) is 4.34. The fraction of sp³-hybridized carbons (Fsp3) is 1.00. The Morgan fingerprint density at radius 1 is 1.30 bits per heavy atom. The molecule has 0 spiro atoms. The van der Waals surface area contributed by atoms with Gasteiger partial charge in [0.25, 0.3) is 0 Å². The van der Waals surface area contributed by atoms with E-state index in [1.54, 1.807) is 0 Å². The Morgan fingerprint density at radius 3 is 2.50 bits per heavy atom. The Kier molecular flexibility index (Phi) is 0.783. The van der Waals surface area contributed by atoms with E-state index in [1.165, 1.54) is 25.7 Å². The first-order chi connectivity index (χ1) is 4.80. The van der Waals surface area contributed by atoms with E-state index in [4.69, 9.17) is 5.73 Å². The van der Waals surface area contributed by atoms with E-state index in [0.717, 1.165) is 12.0 Å². The second-order valence-corrected chi connectivity index (χ2v) is 4.24. The van der Waals surface area contributed by atoms with E-state index >= 15 is 0 Å². The molecule has 2 heteroatoms. The molecule has 4 aliphatic rings. The van der Waals surface area contributed by atoms with Gasteiger partial charge in [-0.25, -0.2) is 0 Å². The van der Waals surface area contributed by atoms with Gasteiger partial charge in [0.2, 0.25) is 0 Å². The van der Waals surface area contributed by atoms with Gasteiger partial charge in [-0.2, -0.15) is 0 Å². The average molecular weight is 138 g/mol. The van der Waals surface area contributed by atoms with Gasteiger partial charge in [0.15, 0.2) is 0 Å². The van der Waals surface area contributed by atoms with Crippen LogP contribution in [-0.2, 0) is 0 Å². The van der Waals surface area contributed by atoms with Crippen LogP contribution in [-0.4, -0.2) is 17.6 Å². The molecule has 2 atom stereocenters. The summed E-state index contributed by atoms with van der Waals surface area (Å²) in [5.74, 6) is 0.982. The zero-order chi connectivity index (χ0) is 6.77. The summed E-state index contributed by atoms with van der Waals surface area (Å²) in [6.07, 6.45) is 5.30. The molecule has 4 fully saturated rings. The lowest BCUT2D eigenvalue weighted by molar-refractivity contribution is 0.181. The van der Waals surface area contributed by atoms with Crippen LogP contribution >= 0.6 is 0 Å². The SMILES string of the molecule is NC12CCC(CC1)C1NC12. The highest BCUT2D eigenvalue weighted by Gasteiger charge is 2.59. The van der Waals surface area contributed by atoms with E-state index in [9.17, 15) is 0 Å². The van der Waals surface area contributed by atoms with E-state index < -0.39 is 0 Å². The van der Waals surface area contributed by atoms with Crippen molar-refractivity contribution < 1.29 is 0 Å². The maximum absolute atomic E-state index is 6.22. The number of nitrogens with two attached hydrogens (primary N) is 1. The van der Waals surface area contributed by atoms with Gasteiger partial charge in [0.1, 0.15) is 0 Å². The molecule has 3 N–H and O–H groups in total. The van der Waals surface area contributed by atoms with Crippen molar-refractivity contribution in [3.8, 4) is 0 Å². The molecule has 1 heterocycles. The highest BCUT2D eigenvalue weighted by atomic mass is 15.2. The summed E-state index contributed by atoms with van der Waals surface area (Å²) in [5.41, 5.74) is 6.43. The molecular weight excluding hydrogens is 124 g/mol. The van der Waals surface area contributed by atoms with Crippen LogP contribution in [0.2, 0.25) is 0 Å². The molecule has 0 aromatic rings. The predicted molar refractivity (Wildman–Crippen MR) is 39.6 cm³/mol. The molecule has 0 radical (unpaired) electrons. The summed E-state index contributed by atoms with van der Waals surface area (Å²) in [6.45, 7) is 0. The van der Waals surface area contributed by atoms with Gasteiger partial charge in [-0.1, -0.05) is 0 Å². The van der Waals surface area contributed by atoms with Crippen LogP contribution in [0.25, 0.3) is 0 Å². The van der Waals surface area contributed by atoms with E-state index in [0.29, 0.717) is 6.04 Å². The quantitative estimate of drug-likeness (QED) is 0.471. The Morgan fingerprint density at radius 2 is 2.00 bits per heavy atom. The van der Waals surface area contributed by atoms with Crippen LogP contribution in [0.5, 0.6) is 0 Å². The van der Waals surface area contributed by atoms with Gasteiger partial charge < -0.3 is 11.1 Å².